The quantitative estimate of drug-likeness (QED) is 0.747. The predicted octanol–water partition coefficient (Wildman–Crippen LogP) is 1.12. The Morgan fingerprint density at radius 1 is 1.44 bits per heavy atom. The van der Waals surface area contributed by atoms with Gasteiger partial charge >= 0.3 is 0 Å². The summed E-state index contributed by atoms with van der Waals surface area (Å²) in [5, 5.41) is -1.47. The van der Waals surface area contributed by atoms with E-state index in [1.54, 1.807) is 0 Å². The largest absolute Gasteiger partial charge is 0.497 e. The van der Waals surface area contributed by atoms with Gasteiger partial charge in [-0.15, -0.1) is 0 Å². The second-order valence-electron chi connectivity index (χ2n) is 3.27. The van der Waals surface area contributed by atoms with Gasteiger partial charge in [0.2, 0.25) is 0 Å². The van der Waals surface area contributed by atoms with Gasteiger partial charge in [0.25, 0.3) is 0 Å². The molecular weight excluding hydrogens is 235 g/mol. The van der Waals surface area contributed by atoms with Crippen LogP contribution < -0.4 is 4.74 Å². The van der Waals surface area contributed by atoms with E-state index in [-0.39, 0.29) is 17.6 Å². The number of ether oxygens (including phenoxy) is 1. The smallest absolute Gasteiger partial charge is 0.161 e. The summed E-state index contributed by atoms with van der Waals surface area (Å²) in [7, 11) is -2.30. The minimum atomic E-state index is -3.66. The molecule has 16 heavy (non-hydrogen) atoms. The van der Waals surface area contributed by atoms with Gasteiger partial charge in [0.15, 0.2) is 9.84 Å². The van der Waals surface area contributed by atoms with Crippen LogP contribution in [0.4, 0.5) is 4.39 Å². The highest BCUT2D eigenvalue weighted by atomic mass is 32.2. The normalized spacial score (nSPS) is 13.2. The van der Waals surface area contributed by atoms with Crippen LogP contribution in [-0.4, -0.2) is 28.1 Å². The minimum Gasteiger partial charge on any atom is -0.497 e. The molecule has 0 bridgehead atoms. The molecule has 0 aliphatic carbocycles. The molecule has 1 aromatic carbocycles. The van der Waals surface area contributed by atoms with Crippen molar-refractivity contribution < 1.29 is 22.3 Å². The van der Waals surface area contributed by atoms with Gasteiger partial charge in [0.05, 0.1) is 7.11 Å². The number of rotatable bonds is 4. The van der Waals surface area contributed by atoms with E-state index in [4.69, 9.17) is 4.74 Å². The van der Waals surface area contributed by atoms with Crippen LogP contribution in [0.3, 0.4) is 0 Å². The van der Waals surface area contributed by atoms with E-state index in [9.17, 15) is 17.6 Å². The van der Waals surface area contributed by atoms with E-state index in [1.165, 1.54) is 19.2 Å². The first-order valence-electron chi connectivity index (χ1n) is 4.37. The molecule has 0 radical (unpaired) electrons. The van der Waals surface area contributed by atoms with Crippen LogP contribution >= 0.6 is 0 Å². The lowest BCUT2D eigenvalue weighted by Crippen LogP contribution is -2.14. The average Bonchev–Trinajstić information content (AvgIpc) is 2.19. The molecule has 0 saturated carbocycles. The van der Waals surface area contributed by atoms with Crippen molar-refractivity contribution in [1.82, 2.24) is 0 Å². The second-order valence-corrected chi connectivity index (χ2v) is 5.44. The van der Waals surface area contributed by atoms with Gasteiger partial charge in [-0.05, 0) is 6.07 Å². The molecule has 0 amide bonds. The first kappa shape index (κ1) is 12.6. The molecule has 1 unspecified atom stereocenters. The van der Waals surface area contributed by atoms with Crippen molar-refractivity contribution in [2.24, 2.45) is 0 Å². The van der Waals surface area contributed by atoms with Crippen molar-refractivity contribution in [2.75, 3.05) is 13.4 Å². The third-order valence-electron chi connectivity index (χ3n) is 2.10. The van der Waals surface area contributed by atoms with E-state index in [2.05, 4.69) is 0 Å². The summed E-state index contributed by atoms with van der Waals surface area (Å²) in [6.45, 7) is 0. The van der Waals surface area contributed by atoms with E-state index >= 15 is 0 Å². The van der Waals surface area contributed by atoms with Gasteiger partial charge in [-0.1, -0.05) is 6.07 Å². The molecule has 1 aromatic rings. The molecule has 6 heteroatoms. The van der Waals surface area contributed by atoms with Crippen molar-refractivity contribution in [3.63, 3.8) is 0 Å². The third kappa shape index (κ3) is 2.57. The van der Waals surface area contributed by atoms with Crippen LogP contribution in [0.2, 0.25) is 0 Å². The summed E-state index contributed by atoms with van der Waals surface area (Å²) in [6, 6.07) is 3.67. The maximum Gasteiger partial charge on any atom is 0.161 e. The average molecular weight is 246 g/mol. The number of sulfone groups is 1. The molecular formula is C10H11FO4S. The zero-order valence-corrected chi connectivity index (χ0v) is 9.62. The monoisotopic (exact) mass is 246 g/mol. The van der Waals surface area contributed by atoms with E-state index in [0.29, 0.717) is 0 Å². The molecule has 0 saturated heterocycles. The molecule has 0 spiro atoms. The molecule has 1 rings (SSSR count). The predicted molar refractivity (Wildman–Crippen MR) is 56.6 cm³/mol. The topological polar surface area (TPSA) is 60.4 Å². The SMILES string of the molecule is COc1ccc(C(C=O)S(C)(=O)=O)c(F)c1. The fourth-order valence-electron chi connectivity index (χ4n) is 1.27. The minimum absolute atomic E-state index is 0.168. The van der Waals surface area contributed by atoms with Crippen LogP contribution in [-0.2, 0) is 14.6 Å². The molecule has 0 N–H and O–H groups in total. The number of hydrogen-bond donors (Lipinski definition) is 0. The summed E-state index contributed by atoms with van der Waals surface area (Å²) in [6.07, 6.45) is 1.09. The van der Waals surface area contributed by atoms with Gasteiger partial charge in [-0.25, -0.2) is 12.8 Å². The van der Waals surface area contributed by atoms with Crippen molar-refractivity contribution in [3.8, 4) is 5.75 Å². The lowest BCUT2D eigenvalue weighted by Gasteiger charge is -2.10. The van der Waals surface area contributed by atoms with Crippen LogP contribution in [0.25, 0.3) is 0 Å². The van der Waals surface area contributed by atoms with Crippen LogP contribution in [0.5, 0.6) is 5.75 Å². The van der Waals surface area contributed by atoms with Crippen LogP contribution in [0, 0.1) is 5.82 Å². The van der Waals surface area contributed by atoms with Gasteiger partial charge < -0.3 is 9.53 Å². The van der Waals surface area contributed by atoms with Crippen LogP contribution in [0.1, 0.15) is 10.8 Å². The molecule has 0 aliphatic rings. The summed E-state index contributed by atoms with van der Waals surface area (Å²) in [5.41, 5.74) is -0.168. The standard InChI is InChI=1S/C10H11FO4S/c1-15-7-3-4-8(9(11)5-7)10(6-12)16(2,13)14/h3-6,10H,1-2H3. The maximum absolute atomic E-state index is 13.5. The summed E-state index contributed by atoms with van der Waals surface area (Å²) in [4.78, 5) is 10.7. The van der Waals surface area contributed by atoms with Gasteiger partial charge in [0, 0.05) is 17.9 Å². The van der Waals surface area contributed by atoms with Crippen molar-refractivity contribution in [2.45, 2.75) is 5.25 Å². The Labute approximate surface area is 93.0 Å². The lowest BCUT2D eigenvalue weighted by molar-refractivity contribution is -0.107. The zero-order chi connectivity index (χ0) is 12.3. The molecule has 0 fully saturated rings. The fraction of sp³-hybridized carbons (Fsp3) is 0.300. The van der Waals surface area contributed by atoms with E-state index in [0.717, 1.165) is 12.3 Å². The molecule has 4 nitrogen and oxygen atoms in total. The Hall–Kier alpha value is -1.43. The summed E-state index contributed by atoms with van der Waals surface area (Å²) < 4.78 is 40.8. The first-order valence-corrected chi connectivity index (χ1v) is 6.33. The Balaban J connectivity index is 3.27. The number of benzene rings is 1. The highest BCUT2D eigenvalue weighted by Gasteiger charge is 2.25. The first-order chi connectivity index (χ1) is 7.40. The zero-order valence-electron chi connectivity index (χ0n) is 8.81. The number of aldehydes is 1. The number of carbonyl (C=O) groups excluding carboxylic acids is 1. The van der Waals surface area contributed by atoms with Gasteiger partial charge in [-0.2, -0.15) is 0 Å². The third-order valence-corrected chi connectivity index (χ3v) is 3.39. The Morgan fingerprint density at radius 3 is 2.44 bits per heavy atom. The highest BCUT2D eigenvalue weighted by molar-refractivity contribution is 7.91. The highest BCUT2D eigenvalue weighted by Crippen LogP contribution is 2.25. The molecule has 0 heterocycles. The second kappa shape index (κ2) is 4.61. The van der Waals surface area contributed by atoms with Gasteiger partial charge in [0.1, 0.15) is 23.1 Å². The molecule has 1 atom stereocenters. The molecule has 0 aliphatic heterocycles. The van der Waals surface area contributed by atoms with Crippen LogP contribution in [0.15, 0.2) is 18.2 Å². The summed E-state index contributed by atoms with van der Waals surface area (Å²) in [5.74, 6) is -0.513. The summed E-state index contributed by atoms with van der Waals surface area (Å²) >= 11 is 0. The Bertz CT molecular complexity index is 496. The number of hydrogen-bond acceptors (Lipinski definition) is 4. The number of carbonyl (C=O) groups is 1. The lowest BCUT2D eigenvalue weighted by atomic mass is 10.1. The molecule has 0 aromatic heterocycles. The van der Waals surface area contributed by atoms with Crippen molar-refractivity contribution in [1.29, 1.82) is 0 Å². The Kier molecular flexibility index (Phi) is 3.64. The molecule has 88 valence electrons. The van der Waals surface area contributed by atoms with E-state index < -0.39 is 20.9 Å². The maximum atomic E-state index is 13.5. The number of halogens is 1. The number of methoxy groups -OCH3 is 1. The van der Waals surface area contributed by atoms with Crippen molar-refractivity contribution in [3.05, 3.63) is 29.6 Å². The van der Waals surface area contributed by atoms with Gasteiger partial charge in [-0.3, -0.25) is 0 Å². The van der Waals surface area contributed by atoms with E-state index in [1.807, 2.05) is 0 Å². The Morgan fingerprint density at radius 2 is 2.06 bits per heavy atom. The fourth-order valence-corrected chi connectivity index (χ4v) is 2.12. The van der Waals surface area contributed by atoms with Crippen molar-refractivity contribution >= 4 is 16.1 Å².